The van der Waals surface area contributed by atoms with Crippen LogP contribution in [0.4, 0.5) is 10.5 Å². The number of guanidine groups is 1. The summed E-state index contributed by atoms with van der Waals surface area (Å²) in [5.74, 6) is 2.83. The molecule has 0 unspecified atom stereocenters. The molecule has 0 saturated carbocycles. The van der Waals surface area contributed by atoms with Gasteiger partial charge in [-0.05, 0) is 17.7 Å². The van der Waals surface area contributed by atoms with Crippen molar-refractivity contribution in [1.29, 1.82) is 0 Å². The minimum atomic E-state index is -0.280. The maximum atomic E-state index is 11.5. The number of amides is 1. The number of anilines is 1. The van der Waals surface area contributed by atoms with Gasteiger partial charge in [-0.3, -0.25) is 4.90 Å². The van der Waals surface area contributed by atoms with Crippen LogP contribution < -0.4 is 10.6 Å². The smallest absolute Gasteiger partial charge is 0.414 e. The third kappa shape index (κ3) is 3.47. The first kappa shape index (κ1) is 15.0. The average molecular weight is 320 g/mol. The molecule has 2 aliphatic rings. The van der Waals surface area contributed by atoms with Gasteiger partial charge in [0.25, 0.3) is 0 Å². The molecule has 118 valence electrons. The first-order valence-electron chi connectivity index (χ1n) is 7.40. The topological polar surface area (TPSA) is 71.2 Å². The molecule has 0 aliphatic carbocycles. The van der Waals surface area contributed by atoms with E-state index in [1.54, 1.807) is 4.90 Å². The maximum Gasteiger partial charge on any atom is 0.414 e. The Bertz CT molecular complexity index is 555. The fourth-order valence-corrected chi connectivity index (χ4v) is 3.38. The lowest BCUT2D eigenvalue weighted by atomic mass is 10.2. The molecule has 1 amide bonds. The predicted molar refractivity (Wildman–Crippen MR) is 89.4 cm³/mol. The van der Waals surface area contributed by atoms with Crippen LogP contribution in [0.1, 0.15) is 5.56 Å². The van der Waals surface area contributed by atoms with Crippen molar-refractivity contribution in [2.45, 2.75) is 6.54 Å². The molecule has 0 bridgehead atoms. The number of hydrogen-bond acceptors (Lipinski definition) is 4. The Morgan fingerprint density at radius 1 is 1.23 bits per heavy atom. The SMILES string of the molecule is NC(=NCc1ccc(N2CCOC2=O)cc1)N1CCSCC1. The molecule has 3 rings (SSSR count). The first-order chi connectivity index (χ1) is 10.7. The normalized spacial score (nSPS) is 19.5. The molecule has 1 aromatic carbocycles. The molecule has 0 radical (unpaired) electrons. The van der Waals surface area contributed by atoms with Crippen LogP contribution >= 0.6 is 11.8 Å². The summed E-state index contributed by atoms with van der Waals surface area (Å²) in [7, 11) is 0. The van der Waals surface area contributed by atoms with E-state index in [0.29, 0.717) is 25.7 Å². The van der Waals surface area contributed by atoms with Crippen molar-refractivity contribution in [3.05, 3.63) is 29.8 Å². The van der Waals surface area contributed by atoms with Crippen LogP contribution in [0.25, 0.3) is 0 Å². The summed E-state index contributed by atoms with van der Waals surface area (Å²) in [6.07, 6.45) is -0.280. The minimum Gasteiger partial charge on any atom is -0.447 e. The zero-order valence-electron chi connectivity index (χ0n) is 12.4. The molecule has 1 aromatic rings. The van der Waals surface area contributed by atoms with E-state index in [2.05, 4.69) is 9.89 Å². The minimum absolute atomic E-state index is 0.280. The fraction of sp³-hybridized carbons (Fsp3) is 0.467. The third-order valence-electron chi connectivity index (χ3n) is 3.77. The second kappa shape index (κ2) is 6.91. The monoisotopic (exact) mass is 320 g/mol. The zero-order chi connectivity index (χ0) is 15.4. The van der Waals surface area contributed by atoms with Gasteiger partial charge in [-0.2, -0.15) is 11.8 Å². The second-order valence-corrected chi connectivity index (χ2v) is 6.43. The molecule has 2 fully saturated rings. The molecule has 2 heterocycles. The molecular weight excluding hydrogens is 300 g/mol. The van der Waals surface area contributed by atoms with E-state index in [1.807, 2.05) is 36.0 Å². The van der Waals surface area contributed by atoms with Gasteiger partial charge in [0.15, 0.2) is 5.96 Å². The third-order valence-corrected chi connectivity index (χ3v) is 4.71. The highest BCUT2D eigenvalue weighted by atomic mass is 32.2. The summed E-state index contributed by atoms with van der Waals surface area (Å²) in [6, 6.07) is 7.80. The van der Waals surface area contributed by atoms with Crippen LogP contribution in [0, 0.1) is 0 Å². The highest BCUT2D eigenvalue weighted by Crippen LogP contribution is 2.19. The number of cyclic esters (lactones) is 1. The number of nitrogens with two attached hydrogens (primary N) is 1. The number of nitrogens with zero attached hydrogens (tertiary/aromatic N) is 3. The van der Waals surface area contributed by atoms with E-state index in [4.69, 9.17) is 10.5 Å². The van der Waals surface area contributed by atoms with E-state index in [-0.39, 0.29) is 6.09 Å². The molecule has 7 heteroatoms. The van der Waals surface area contributed by atoms with Crippen molar-refractivity contribution in [2.75, 3.05) is 42.6 Å². The van der Waals surface area contributed by atoms with Crippen LogP contribution in [0.2, 0.25) is 0 Å². The number of ether oxygens (including phenoxy) is 1. The molecule has 22 heavy (non-hydrogen) atoms. The maximum absolute atomic E-state index is 11.5. The summed E-state index contributed by atoms with van der Waals surface area (Å²) in [6.45, 7) is 3.55. The molecule has 2 aliphatic heterocycles. The predicted octanol–water partition coefficient (Wildman–Crippen LogP) is 1.51. The summed E-state index contributed by atoms with van der Waals surface area (Å²) in [5.41, 5.74) is 7.97. The lowest BCUT2D eigenvalue weighted by Crippen LogP contribution is -2.42. The summed E-state index contributed by atoms with van der Waals surface area (Å²) >= 11 is 1.95. The number of carbonyl (C=O) groups excluding carboxylic acids is 1. The summed E-state index contributed by atoms with van der Waals surface area (Å²) in [5, 5.41) is 0. The second-order valence-electron chi connectivity index (χ2n) is 5.21. The quantitative estimate of drug-likeness (QED) is 0.675. The number of aliphatic imine (C=N–C) groups is 1. The standard InChI is InChI=1S/C15H20N4O2S/c16-14(18-6-9-22-10-7-18)17-11-12-1-3-13(4-2-12)19-5-8-21-15(19)20/h1-4H,5-11H2,(H2,16,17). The number of hydrogen-bond donors (Lipinski definition) is 1. The van der Waals surface area contributed by atoms with E-state index in [0.717, 1.165) is 35.8 Å². The Kier molecular flexibility index (Phi) is 4.72. The van der Waals surface area contributed by atoms with E-state index in [9.17, 15) is 4.79 Å². The van der Waals surface area contributed by atoms with Gasteiger partial charge in [0.1, 0.15) is 6.61 Å². The van der Waals surface area contributed by atoms with Gasteiger partial charge >= 0.3 is 6.09 Å². The van der Waals surface area contributed by atoms with Gasteiger partial charge in [0, 0.05) is 30.3 Å². The molecule has 2 saturated heterocycles. The van der Waals surface area contributed by atoms with Crippen molar-refractivity contribution < 1.29 is 9.53 Å². The van der Waals surface area contributed by atoms with Crippen molar-refractivity contribution in [1.82, 2.24) is 4.90 Å². The average Bonchev–Trinajstić information content (AvgIpc) is 3.00. The molecular formula is C15H20N4O2S. The summed E-state index contributed by atoms with van der Waals surface area (Å²) in [4.78, 5) is 19.7. The Morgan fingerprint density at radius 3 is 2.59 bits per heavy atom. The van der Waals surface area contributed by atoms with E-state index < -0.39 is 0 Å². The van der Waals surface area contributed by atoms with Gasteiger partial charge in [0.2, 0.25) is 0 Å². The molecule has 6 nitrogen and oxygen atoms in total. The van der Waals surface area contributed by atoms with Crippen LogP contribution in [0.15, 0.2) is 29.3 Å². The van der Waals surface area contributed by atoms with Crippen molar-refractivity contribution in [3.8, 4) is 0 Å². The van der Waals surface area contributed by atoms with Crippen molar-refractivity contribution in [2.24, 2.45) is 10.7 Å². The lowest BCUT2D eigenvalue weighted by Gasteiger charge is -2.27. The number of thioether (sulfide) groups is 1. The highest BCUT2D eigenvalue weighted by Gasteiger charge is 2.23. The summed E-state index contributed by atoms with van der Waals surface area (Å²) < 4.78 is 4.94. The fourth-order valence-electron chi connectivity index (χ4n) is 2.47. The number of carbonyl (C=O) groups is 1. The largest absolute Gasteiger partial charge is 0.447 e. The van der Waals surface area contributed by atoms with Crippen LogP contribution in [-0.2, 0) is 11.3 Å². The van der Waals surface area contributed by atoms with Crippen molar-refractivity contribution in [3.63, 3.8) is 0 Å². The first-order valence-corrected chi connectivity index (χ1v) is 8.55. The van der Waals surface area contributed by atoms with Crippen molar-refractivity contribution >= 4 is 29.5 Å². The van der Waals surface area contributed by atoms with Gasteiger partial charge in [-0.1, -0.05) is 12.1 Å². The van der Waals surface area contributed by atoms with Crippen LogP contribution in [0.5, 0.6) is 0 Å². The van der Waals surface area contributed by atoms with Gasteiger partial charge in [0.05, 0.1) is 13.1 Å². The lowest BCUT2D eigenvalue weighted by molar-refractivity contribution is 0.181. The van der Waals surface area contributed by atoms with Gasteiger partial charge in [-0.25, -0.2) is 9.79 Å². The molecule has 0 spiro atoms. The zero-order valence-corrected chi connectivity index (χ0v) is 13.2. The Labute approximate surface area is 134 Å². The van der Waals surface area contributed by atoms with E-state index in [1.165, 1.54) is 0 Å². The molecule has 0 atom stereocenters. The number of benzene rings is 1. The number of rotatable bonds is 3. The van der Waals surface area contributed by atoms with E-state index >= 15 is 0 Å². The Balaban J connectivity index is 1.59. The molecule has 0 aromatic heterocycles. The van der Waals surface area contributed by atoms with Crippen LogP contribution in [0.3, 0.4) is 0 Å². The Morgan fingerprint density at radius 2 is 1.95 bits per heavy atom. The van der Waals surface area contributed by atoms with Crippen LogP contribution in [-0.4, -0.2) is 54.7 Å². The molecule has 2 N–H and O–H groups in total. The highest BCUT2D eigenvalue weighted by molar-refractivity contribution is 7.99. The van der Waals surface area contributed by atoms with Gasteiger partial charge < -0.3 is 15.4 Å². The Hall–Kier alpha value is -1.89. The van der Waals surface area contributed by atoms with Gasteiger partial charge in [-0.15, -0.1) is 0 Å².